The number of rotatable bonds is 6. The van der Waals surface area contributed by atoms with E-state index in [9.17, 15) is 17.6 Å². The quantitative estimate of drug-likeness (QED) is 0.681. The van der Waals surface area contributed by atoms with Crippen LogP contribution in [0.1, 0.15) is 54.9 Å². The molecule has 0 radical (unpaired) electrons. The molecule has 3 rings (SSSR count). The Morgan fingerprint density at radius 2 is 1.74 bits per heavy atom. The molecule has 144 valence electrons. The third-order valence-electron chi connectivity index (χ3n) is 5.08. The Hall–Kier alpha value is -2.05. The number of sulfonamides is 1. The molecular formula is C21H24FNO3S. The molecule has 2 aromatic carbocycles. The van der Waals surface area contributed by atoms with E-state index in [-0.39, 0.29) is 29.1 Å². The van der Waals surface area contributed by atoms with Crippen LogP contribution in [0.25, 0.3) is 0 Å². The molecule has 1 saturated carbocycles. The molecule has 27 heavy (non-hydrogen) atoms. The second kappa shape index (κ2) is 8.31. The van der Waals surface area contributed by atoms with Crippen LogP contribution in [-0.4, -0.2) is 24.5 Å². The van der Waals surface area contributed by atoms with Crippen LogP contribution in [0, 0.1) is 5.82 Å². The maximum Gasteiger partial charge on any atom is 0.243 e. The number of hydrogen-bond acceptors (Lipinski definition) is 3. The molecule has 0 aliphatic heterocycles. The summed E-state index contributed by atoms with van der Waals surface area (Å²) in [6, 6.07) is 12.0. The van der Waals surface area contributed by atoms with Gasteiger partial charge in [-0.05, 0) is 49.6 Å². The van der Waals surface area contributed by atoms with Crippen LogP contribution in [0.3, 0.4) is 0 Å². The van der Waals surface area contributed by atoms with E-state index >= 15 is 0 Å². The minimum atomic E-state index is -3.78. The molecule has 0 bridgehead atoms. The maximum atomic E-state index is 13.4. The first-order valence-electron chi connectivity index (χ1n) is 9.25. The summed E-state index contributed by atoms with van der Waals surface area (Å²) < 4.78 is 41.6. The highest BCUT2D eigenvalue weighted by atomic mass is 32.2. The molecule has 0 aromatic heterocycles. The number of hydrogen-bond donors (Lipinski definition) is 0. The van der Waals surface area contributed by atoms with Crippen molar-refractivity contribution in [3.8, 4) is 0 Å². The molecule has 1 fully saturated rings. The predicted octanol–water partition coefficient (Wildman–Crippen LogP) is 4.55. The normalized spacial score (nSPS) is 15.8. The molecule has 1 aliphatic carbocycles. The molecule has 1 aliphatic rings. The highest BCUT2D eigenvalue weighted by Crippen LogP contribution is 2.30. The van der Waals surface area contributed by atoms with E-state index in [4.69, 9.17) is 0 Å². The molecule has 0 heterocycles. The summed E-state index contributed by atoms with van der Waals surface area (Å²) in [7, 11) is -3.78. The molecular weight excluding hydrogens is 365 g/mol. The third-order valence-corrected chi connectivity index (χ3v) is 6.98. The summed E-state index contributed by atoms with van der Waals surface area (Å²) in [5.74, 6) is -0.519. The summed E-state index contributed by atoms with van der Waals surface area (Å²) in [6.45, 7) is 1.61. The first-order chi connectivity index (χ1) is 12.9. The van der Waals surface area contributed by atoms with E-state index in [2.05, 4.69) is 0 Å². The summed E-state index contributed by atoms with van der Waals surface area (Å²) in [4.78, 5) is 11.8. The van der Waals surface area contributed by atoms with Crippen LogP contribution < -0.4 is 0 Å². The van der Waals surface area contributed by atoms with Crippen LogP contribution >= 0.6 is 0 Å². The third kappa shape index (κ3) is 4.62. The van der Waals surface area contributed by atoms with E-state index in [1.165, 1.54) is 35.5 Å². The van der Waals surface area contributed by atoms with Crippen molar-refractivity contribution in [2.45, 2.75) is 56.5 Å². The number of carbonyl (C=O) groups excluding carboxylic acids is 1. The number of carbonyl (C=O) groups is 1. The standard InChI is InChI=1S/C21H24FNO3S/c1-16(24)18-6-5-9-21(14-18)27(25,26)23(20-7-3-2-4-8-20)15-17-10-12-19(22)13-11-17/h5-6,9-14,20H,2-4,7-8,15H2,1H3. The van der Waals surface area contributed by atoms with Gasteiger partial charge in [0, 0.05) is 18.2 Å². The maximum absolute atomic E-state index is 13.4. The van der Waals surface area contributed by atoms with E-state index < -0.39 is 10.0 Å². The first-order valence-corrected chi connectivity index (χ1v) is 10.7. The van der Waals surface area contributed by atoms with E-state index in [1.54, 1.807) is 24.3 Å². The van der Waals surface area contributed by atoms with E-state index in [0.29, 0.717) is 5.56 Å². The lowest BCUT2D eigenvalue weighted by molar-refractivity contribution is 0.101. The molecule has 0 atom stereocenters. The van der Waals surface area contributed by atoms with Gasteiger partial charge in [0.1, 0.15) is 5.82 Å². The minimum absolute atomic E-state index is 0.0882. The first kappa shape index (κ1) is 19.7. The van der Waals surface area contributed by atoms with Gasteiger partial charge in [0.2, 0.25) is 10.0 Å². The largest absolute Gasteiger partial charge is 0.295 e. The Morgan fingerprint density at radius 3 is 2.37 bits per heavy atom. The van der Waals surface area contributed by atoms with Gasteiger partial charge in [0.25, 0.3) is 0 Å². The fourth-order valence-electron chi connectivity index (χ4n) is 3.56. The van der Waals surface area contributed by atoms with Crippen LogP contribution in [-0.2, 0) is 16.6 Å². The molecule has 0 spiro atoms. The Balaban J connectivity index is 1.98. The molecule has 4 nitrogen and oxygen atoms in total. The molecule has 0 saturated heterocycles. The Morgan fingerprint density at radius 1 is 1.07 bits per heavy atom. The zero-order valence-corrected chi connectivity index (χ0v) is 16.2. The summed E-state index contributed by atoms with van der Waals surface area (Å²) in [5, 5.41) is 0. The van der Waals surface area contributed by atoms with Crippen molar-refractivity contribution < 1.29 is 17.6 Å². The van der Waals surface area contributed by atoms with Crippen molar-refractivity contribution in [1.29, 1.82) is 0 Å². The smallest absolute Gasteiger partial charge is 0.243 e. The Labute approximate surface area is 160 Å². The molecule has 0 unspecified atom stereocenters. The minimum Gasteiger partial charge on any atom is -0.295 e. The number of nitrogens with zero attached hydrogens (tertiary/aromatic N) is 1. The second-order valence-electron chi connectivity index (χ2n) is 7.05. The van der Waals surface area contributed by atoms with Gasteiger partial charge in [-0.15, -0.1) is 0 Å². The van der Waals surface area contributed by atoms with Crippen molar-refractivity contribution in [3.63, 3.8) is 0 Å². The van der Waals surface area contributed by atoms with Crippen LogP contribution in [0.5, 0.6) is 0 Å². The van der Waals surface area contributed by atoms with Gasteiger partial charge >= 0.3 is 0 Å². The van der Waals surface area contributed by atoms with Crippen molar-refractivity contribution in [2.24, 2.45) is 0 Å². The fourth-order valence-corrected chi connectivity index (χ4v) is 5.28. The fraction of sp³-hybridized carbons (Fsp3) is 0.381. The van der Waals surface area contributed by atoms with Crippen LogP contribution in [0.4, 0.5) is 4.39 Å². The number of ketones is 1. The SMILES string of the molecule is CC(=O)c1cccc(S(=O)(=O)N(Cc2ccc(F)cc2)C2CCCCC2)c1. The van der Waals surface area contributed by atoms with Crippen molar-refractivity contribution in [2.75, 3.05) is 0 Å². The Bertz CT molecular complexity index is 903. The zero-order chi connectivity index (χ0) is 19.4. The monoisotopic (exact) mass is 389 g/mol. The summed E-state index contributed by atoms with van der Waals surface area (Å²) in [6.07, 6.45) is 4.72. The van der Waals surface area contributed by atoms with Gasteiger partial charge < -0.3 is 0 Å². The van der Waals surface area contributed by atoms with E-state index in [1.807, 2.05) is 0 Å². The highest BCUT2D eigenvalue weighted by Gasteiger charge is 2.32. The van der Waals surface area contributed by atoms with Gasteiger partial charge in [-0.25, -0.2) is 12.8 Å². The summed E-state index contributed by atoms with van der Waals surface area (Å²) >= 11 is 0. The van der Waals surface area contributed by atoms with Gasteiger partial charge in [-0.1, -0.05) is 43.5 Å². The van der Waals surface area contributed by atoms with Gasteiger partial charge in [-0.3, -0.25) is 4.79 Å². The summed E-state index contributed by atoms with van der Waals surface area (Å²) in [5.41, 5.74) is 1.12. The van der Waals surface area contributed by atoms with Gasteiger partial charge in [0.15, 0.2) is 5.78 Å². The number of halogens is 1. The number of Topliss-reactive ketones (excluding diaryl/α,β-unsaturated/α-hetero) is 1. The van der Waals surface area contributed by atoms with Crippen molar-refractivity contribution in [1.82, 2.24) is 4.31 Å². The molecule has 0 N–H and O–H groups in total. The van der Waals surface area contributed by atoms with Gasteiger partial charge in [0.05, 0.1) is 4.90 Å². The van der Waals surface area contributed by atoms with Crippen molar-refractivity contribution in [3.05, 3.63) is 65.5 Å². The lowest BCUT2D eigenvalue weighted by Gasteiger charge is -2.33. The lowest BCUT2D eigenvalue weighted by atomic mass is 9.95. The highest BCUT2D eigenvalue weighted by molar-refractivity contribution is 7.89. The molecule has 0 amide bonds. The average Bonchev–Trinajstić information content (AvgIpc) is 2.68. The topological polar surface area (TPSA) is 54.5 Å². The van der Waals surface area contributed by atoms with Crippen molar-refractivity contribution >= 4 is 15.8 Å². The molecule has 6 heteroatoms. The average molecular weight is 389 g/mol. The second-order valence-corrected chi connectivity index (χ2v) is 8.94. The van der Waals surface area contributed by atoms with Crippen LogP contribution in [0.15, 0.2) is 53.4 Å². The Kier molecular flexibility index (Phi) is 6.07. The predicted molar refractivity (Wildman–Crippen MR) is 102 cm³/mol. The molecule has 2 aromatic rings. The van der Waals surface area contributed by atoms with Gasteiger partial charge in [-0.2, -0.15) is 4.31 Å². The number of benzene rings is 2. The van der Waals surface area contributed by atoms with Crippen LogP contribution in [0.2, 0.25) is 0 Å². The zero-order valence-electron chi connectivity index (χ0n) is 15.4. The van der Waals surface area contributed by atoms with E-state index in [0.717, 1.165) is 37.7 Å². The lowest BCUT2D eigenvalue weighted by Crippen LogP contribution is -2.41.